The molecule has 0 bridgehead atoms. The zero-order chi connectivity index (χ0) is 31.0. The first-order chi connectivity index (χ1) is 21.1. The van der Waals surface area contributed by atoms with E-state index in [4.69, 9.17) is 4.74 Å². The molecule has 12 nitrogen and oxygen atoms in total. The summed E-state index contributed by atoms with van der Waals surface area (Å²) < 4.78 is 49.7. The van der Waals surface area contributed by atoms with E-state index in [9.17, 15) is 22.8 Å². The Labute approximate surface area is 248 Å². The Morgan fingerprint density at radius 2 is 1.95 bits per heavy atom. The number of halogens is 3. The van der Waals surface area contributed by atoms with Crippen LogP contribution in [0.25, 0.3) is 33.5 Å². The summed E-state index contributed by atoms with van der Waals surface area (Å²) in [7, 11) is 1.72. The molecule has 2 amide bonds. The Morgan fingerprint density at radius 3 is 2.68 bits per heavy atom. The van der Waals surface area contributed by atoms with Gasteiger partial charge in [-0.05, 0) is 11.6 Å². The maximum Gasteiger partial charge on any atom is 0.416 e. The summed E-state index contributed by atoms with van der Waals surface area (Å²) in [4.78, 5) is 36.5. The van der Waals surface area contributed by atoms with E-state index in [0.29, 0.717) is 5.56 Å². The number of aryl methyl sites for hydroxylation is 1. The van der Waals surface area contributed by atoms with E-state index >= 15 is 0 Å². The van der Waals surface area contributed by atoms with Crippen LogP contribution in [0, 0.1) is 0 Å². The summed E-state index contributed by atoms with van der Waals surface area (Å²) in [5.74, 6) is -0.261. The minimum Gasteiger partial charge on any atom is -0.445 e. The van der Waals surface area contributed by atoms with E-state index in [0.717, 1.165) is 5.56 Å². The van der Waals surface area contributed by atoms with Gasteiger partial charge in [-0.15, -0.1) is 5.10 Å². The van der Waals surface area contributed by atoms with Crippen molar-refractivity contribution in [1.82, 2.24) is 39.6 Å². The molecule has 1 fully saturated rings. The smallest absolute Gasteiger partial charge is 0.416 e. The number of allylic oxidation sites excluding steroid dienone is 1. The number of rotatable bonds is 6. The monoisotopic (exact) mass is 605 g/mol. The molecular weight excluding hydrogens is 579 g/mol. The number of hydrogen-bond acceptors (Lipinski definition) is 8. The van der Waals surface area contributed by atoms with Crippen LogP contribution in [0.4, 0.5) is 23.9 Å². The third-order valence-corrected chi connectivity index (χ3v) is 7.10. The van der Waals surface area contributed by atoms with Crippen LogP contribution in [0.5, 0.6) is 0 Å². The number of benzene rings is 2. The summed E-state index contributed by atoms with van der Waals surface area (Å²) in [6.07, 6.45) is -2.11. The first kappa shape index (κ1) is 28.6. The molecule has 2 aromatic carbocycles. The summed E-state index contributed by atoms with van der Waals surface area (Å²) in [6.45, 7) is 3.55. The molecule has 15 heteroatoms. The molecule has 4 heterocycles. The van der Waals surface area contributed by atoms with E-state index in [2.05, 4.69) is 37.4 Å². The zero-order valence-corrected chi connectivity index (χ0v) is 23.4. The highest BCUT2D eigenvalue weighted by Gasteiger charge is 2.35. The number of aromatic nitrogens is 6. The number of para-hydroxylation sites is 1. The van der Waals surface area contributed by atoms with Gasteiger partial charge in [0.15, 0.2) is 11.5 Å². The lowest BCUT2D eigenvalue weighted by atomic mass is 10.0. The van der Waals surface area contributed by atoms with Crippen molar-refractivity contribution in [1.29, 1.82) is 0 Å². The van der Waals surface area contributed by atoms with Gasteiger partial charge < -0.3 is 20.3 Å². The average Bonchev–Trinajstić information content (AvgIpc) is 3.60. The fraction of sp³-hybridized carbons (Fsp3) is 0.241. The second kappa shape index (κ2) is 11.3. The van der Waals surface area contributed by atoms with E-state index in [1.165, 1.54) is 21.5 Å². The third-order valence-electron chi connectivity index (χ3n) is 7.10. The number of nitrogens with one attached hydrogen (secondary N) is 2. The van der Waals surface area contributed by atoms with Gasteiger partial charge in [0.25, 0.3) is 0 Å². The second-order valence-electron chi connectivity index (χ2n) is 10.2. The lowest BCUT2D eigenvalue weighted by Crippen LogP contribution is -2.44. The molecule has 1 saturated heterocycles. The number of hydrogen-bond donors (Lipinski definition) is 2. The number of alkyl halides is 3. The average molecular weight is 606 g/mol. The number of fused-ring (bicyclic) bond motifs is 3. The van der Waals surface area contributed by atoms with Gasteiger partial charge in [-0.1, -0.05) is 49.0 Å². The van der Waals surface area contributed by atoms with Gasteiger partial charge in [0, 0.05) is 37.3 Å². The Morgan fingerprint density at radius 1 is 1.16 bits per heavy atom. The van der Waals surface area contributed by atoms with Gasteiger partial charge in [0.2, 0.25) is 11.9 Å². The second-order valence-corrected chi connectivity index (χ2v) is 10.2. The standard InChI is InChI=1S/C29H26F3N9O3/c1-17(29(30,31)32)20-9-6-10-21-23(20)36-27(41-25(21)37-24(38-41)19-13-34-39(2)14-19)35-22-15-40(12-11-33-26(22)42)28(43)44-16-18-7-4-3-5-8-18/h3-10,13-14,22H,1,11-12,15-16H2,2H3,(H,33,42)(H,35,36)/t22-/m1/s1. The van der Waals surface area contributed by atoms with Crippen LogP contribution < -0.4 is 10.6 Å². The molecule has 1 aliphatic rings. The van der Waals surface area contributed by atoms with Crippen molar-refractivity contribution in [2.24, 2.45) is 7.05 Å². The summed E-state index contributed by atoms with van der Waals surface area (Å²) in [6, 6.07) is 12.4. The lowest BCUT2D eigenvalue weighted by Gasteiger charge is -2.23. The number of nitrogens with zero attached hydrogens (tertiary/aromatic N) is 7. The minimum absolute atomic E-state index is 0.0388. The van der Waals surface area contributed by atoms with Crippen LogP contribution in [0.1, 0.15) is 11.1 Å². The van der Waals surface area contributed by atoms with Gasteiger partial charge in [-0.3, -0.25) is 9.48 Å². The topological polar surface area (TPSA) is 132 Å². The normalized spacial score (nSPS) is 15.7. The van der Waals surface area contributed by atoms with Crippen molar-refractivity contribution in [3.8, 4) is 11.4 Å². The fourth-order valence-electron chi connectivity index (χ4n) is 4.86. The van der Waals surface area contributed by atoms with E-state index in [1.807, 2.05) is 30.3 Å². The number of ether oxygens (including phenoxy) is 1. The van der Waals surface area contributed by atoms with E-state index < -0.39 is 29.8 Å². The highest BCUT2D eigenvalue weighted by molar-refractivity contribution is 6.00. The maximum absolute atomic E-state index is 13.8. The number of carbonyl (C=O) groups excluding carboxylic acids is 2. The fourth-order valence-corrected chi connectivity index (χ4v) is 4.86. The Hall–Kier alpha value is -5.47. The summed E-state index contributed by atoms with van der Waals surface area (Å²) in [5.41, 5.74) is 0.185. The van der Waals surface area contributed by atoms with Crippen LogP contribution in [-0.2, 0) is 23.2 Å². The predicted molar refractivity (Wildman–Crippen MR) is 154 cm³/mol. The van der Waals surface area contributed by atoms with Gasteiger partial charge in [-0.2, -0.15) is 22.8 Å². The number of carbonyl (C=O) groups is 2. The molecule has 1 aliphatic heterocycles. The molecule has 0 spiro atoms. The van der Waals surface area contributed by atoms with Crippen LogP contribution in [0.3, 0.4) is 0 Å². The molecule has 44 heavy (non-hydrogen) atoms. The van der Waals surface area contributed by atoms with Gasteiger partial charge in [-0.25, -0.2) is 14.8 Å². The number of amides is 2. The molecule has 3 aromatic heterocycles. The molecule has 0 radical (unpaired) electrons. The minimum atomic E-state index is -4.72. The Kier molecular flexibility index (Phi) is 7.36. The molecule has 6 rings (SSSR count). The largest absolute Gasteiger partial charge is 0.445 e. The summed E-state index contributed by atoms with van der Waals surface area (Å²) >= 11 is 0. The van der Waals surface area contributed by atoms with Crippen molar-refractivity contribution in [2.45, 2.75) is 18.8 Å². The molecule has 0 aliphatic carbocycles. The van der Waals surface area contributed by atoms with Gasteiger partial charge in [0.1, 0.15) is 12.6 Å². The highest BCUT2D eigenvalue weighted by atomic mass is 19.4. The van der Waals surface area contributed by atoms with Crippen molar-refractivity contribution in [2.75, 3.05) is 25.0 Å². The van der Waals surface area contributed by atoms with Crippen LogP contribution in [-0.4, -0.2) is 78.1 Å². The maximum atomic E-state index is 13.8. The third kappa shape index (κ3) is 5.63. The van der Waals surface area contributed by atoms with E-state index in [-0.39, 0.29) is 60.1 Å². The quantitative estimate of drug-likeness (QED) is 0.299. The molecule has 0 unspecified atom stereocenters. The van der Waals surface area contributed by atoms with E-state index in [1.54, 1.807) is 30.2 Å². The first-order valence-electron chi connectivity index (χ1n) is 13.5. The highest BCUT2D eigenvalue weighted by Crippen LogP contribution is 2.37. The van der Waals surface area contributed by atoms with Crippen LogP contribution >= 0.6 is 0 Å². The number of anilines is 1. The molecule has 0 saturated carbocycles. The molecule has 1 atom stereocenters. The predicted octanol–water partition coefficient (Wildman–Crippen LogP) is 3.80. The van der Waals surface area contributed by atoms with Crippen molar-refractivity contribution < 1.29 is 27.5 Å². The Bertz CT molecular complexity index is 1890. The van der Waals surface area contributed by atoms with Crippen molar-refractivity contribution in [3.63, 3.8) is 0 Å². The zero-order valence-electron chi connectivity index (χ0n) is 23.4. The molecule has 5 aromatic rings. The van der Waals surface area contributed by atoms with Crippen LogP contribution in [0.2, 0.25) is 0 Å². The molecular formula is C29H26F3N9O3. The van der Waals surface area contributed by atoms with Crippen molar-refractivity contribution >= 4 is 40.1 Å². The van der Waals surface area contributed by atoms with Gasteiger partial charge in [0.05, 0.1) is 29.4 Å². The van der Waals surface area contributed by atoms with Crippen molar-refractivity contribution in [3.05, 3.63) is 78.6 Å². The first-order valence-corrected chi connectivity index (χ1v) is 13.5. The van der Waals surface area contributed by atoms with Crippen LogP contribution in [0.15, 0.2) is 67.5 Å². The summed E-state index contributed by atoms with van der Waals surface area (Å²) in [5, 5.41) is 14.7. The Balaban J connectivity index is 1.39. The molecule has 2 N–H and O–H groups in total. The lowest BCUT2D eigenvalue weighted by molar-refractivity contribution is -0.121. The van der Waals surface area contributed by atoms with Gasteiger partial charge >= 0.3 is 12.3 Å². The SMILES string of the molecule is C=C(c1cccc2c1nc(N[C@@H]1CN(C(=O)OCc3ccccc3)CCNC1=O)n1nc(-c3cnn(C)c3)nc21)C(F)(F)F. The molecule has 226 valence electrons.